The molecule has 0 saturated heterocycles. The first-order valence-electron chi connectivity index (χ1n) is 11.5. The van der Waals surface area contributed by atoms with Crippen LogP contribution in [0.3, 0.4) is 0 Å². The summed E-state index contributed by atoms with van der Waals surface area (Å²) in [6, 6.07) is 3.79. The largest absolute Gasteiger partial charge is 0.462 e. The number of alkyl halides is 1. The number of carbonyl (C=O) groups is 7. The van der Waals surface area contributed by atoms with Crippen LogP contribution in [0, 0.1) is 0 Å². The second-order valence-electron chi connectivity index (χ2n) is 7.97. The number of amides is 3. The minimum Gasteiger partial charge on any atom is -0.462 e. The van der Waals surface area contributed by atoms with Crippen LogP contribution < -0.4 is 16.0 Å². The highest BCUT2D eigenvalue weighted by molar-refractivity contribution is 6.29. The van der Waals surface area contributed by atoms with Crippen molar-refractivity contribution in [3.8, 4) is 0 Å². The maximum Gasteiger partial charge on any atom is 0.303 e. The van der Waals surface area contributed by atoms with Crippen LogP contribution in [0.2, 0.25) is 0 Å². The molecule has 0 fully saturated rings. The molecule has 15 heteroatoms. The molecule has 0 radical (unpaired) electrons. The molecule has 0 spiro atoms. The number of carbonyl (C=O) groups excluding carboxylic acids is 7. The van der Waals surface area contributed by atoms with E-state index in [4.69, 9.17) is 30.5 Å². The lowest BCUT2D eigenvalue weighted by molar-refractivity contribution is -0.155. The van der Waals surface area contributed by atoms with Crippen LogP contribution in [0.15, 0.2) is 18.2 Å². The van der Waals surface area contributed by atoms with Crippen molar-refractivity contribution >= 4 is 58.9 Å². The number of rotatable bonds is 14. The van der Waals surface area contributed by atoms with E-state index in [1.54, 1.807) is 0 Å². The maximum atomic E-state index is 12.9. The first-order valence-corrected chi connectivity index (χ1v) is 12.0. The van der Waals surface area contributed by atoms with E-state index >= 15 is 0 Å². The van der Waals surface area contributed by atoms with Gasteiger partial charge in [-0.1, -0.05) is 0 Å². The van der Waals surface area contributed by atoms with Gasteiger partial charge in [0, 0.05) is 44.5 Å². The van der Waals surface area contributed by atoms with E-state index in [0.717, 1.165) is 13.8 Å². The van der Waals surface area contributed by atoms with Crippen LogP contribution in [-0.4, -0.2) is 86.0 Å². The van der Waals surface area contributed by atoms with Gasteiger partial charge in [0.1, 0.15) is 19.1 Å². The first-order chi connectivity index (χ1) is 18.3. The predicted octanol–water partition coefficient (Wildman–Crippen LogP) is 0.313. The van der Waals surface area contributed by atoms with Crippen LogP contribution in [-0.2, 0) is 42.9 Å². The Morgan fingerprint density at radius 1 is 0.692 bits per heavy atom. The zero-order valence-electron chi connectivity index (χ0n) is 21.8. The minimum atomic E-state index is -0.979. The molecule has 39 heavy (non-hydrogen) atoms. The number of ether oxygens (including phenoxy) is 4. The van der Waals surface area contributed by atoms with Gasteiger partial charge in [-0.05, 0) is 18.2 Å². The van der Waals surface area contributed by atoms with Crippen molar-refractivity contribution in [3.05, 3.63) is 29.3 Å². The summed E-state index contributed by atoms with van der Waals surface area (Å²) in [5.74, 6) is -4.95. The SMILES string of the molecule is CC(=O)OCC(CNC(=O)c1cc(NC(=O)CCl)cc(C(=O)NCC(COC(C)=O)OC(C)=O)c1)OC(C)=O. The van der Waals surface area contributed by atoms with Gasteiger partial charge in [0.05, 0.1) is 13.1 Å². The molecule has 0 saturated carbocycles. The Labute approximate surface area is 229 Å². The quantitative estimate of drug-likeness (QED) is 0.158. The van der Waals surface area contributed by atoms with Gasteiger partial charge in [-0.25, -0.2) is 0 Å². The van der Waals surface area contributed by atoms with Crippen molar-refractivity contribution in [1.82, 2.24) is 10.6 Å². The van der Waals surface area contributed by atoms with Crippen LogP contribution in [0.5, 0.6) is 0 Å². The molecule has 0 heterocycles. The second kappa shape index (κ2) is 16.6. The summed E-state index contributed by atoms with van der Waals surface area (Å²) >= 11 is 5.54. The van der Waals surface area contributed by atoms with E-state index in [1.807, 2.05) is 0 Å². The molecule has 0 aliphatic heterocycles. The number of esters is 4. The molecule has 0 aromatic heterocycles. The van der Waals surface area contributed by atoms with Gasteiger partial charge < -0.3 is 34.9 Å². The molecule has 3 N–H and O–H groups in total. The van der Waals surface area contributed by atoms with E-state index in [2.05, 4.69) is 16.0 Å². The van der Waals surface area contributed by atoms with Crippen LogP contribution in [0.4, 0.5) is 5.69 Å². The molecule has 214 valence electrons. The van der Waals surface area contributed by atoms with Gasteiger partial charge in [0.25, 0.3) is 11.8 Å². The normalized spacial score (nSPS) is 11.7. The van der Waals surface area contributed by atoms with Gasteiger partial charge in [-0.15, -0.1) is 11.6 Å². The molecule has 0 bridgehead atoms. The Balaban J connectivity index is 3.09. The Morgan fingerprint density at radius 3 is 1.44 bits per heavy atom. The average molecular weight is 572 g/mol. The third-order valence-electron chi connectivity index (χ3n) is 4.45. The molecule has 3 amide bonds. The summed E-state index contributed by atoms with van der Waals surface area (Å²) in [5, 5.41) is 7.45. The minimum absolute atomic E-state index is 0.0574. The third kappa shape index (κ3) is 13.8. The molecule has 2 atom stereocenters. The molecule has 2 unspecified atom stereocenters. The summed E-state index contributed by atoms with van der Waals surface area (Å²) in [4.78, 5) is 82.3. The molecule has 0 aliphatic carbocycles. The van der Waals surface area contributed by atoms with Crippen LogP contribution >= 0.6 is 11.6 Å². The predicted molar refractivity (Wildman–Crippen MR) is 135 cm³/mol. The van der Waals surface area contributed by atoms with Gasteiger partial charge in [0.15, 0.2) is 12.2 Å². The zero-order valence-corrected chi connectivity index (χ0v) is 22.5. The molecular formula is C24H30ClN3O11. The van der Waals surface area contributed by atoms with E-state index < -0.39 is 59.7 Å². The highest BCUT2D eigenvalue weighted by Crippen LogP contribution is 2.16. The number of halogens is 1. The number of benzene rings is 1. The average Bonchev–Trinajstić information content (AvgIpc) is 2.85. The van der Waals surface area contributed by atoms with Crippen molar-refractivity contribution in [1.29, 1.82) is 0 Å². The van der Waals surface area contributed by atoms with Crippen molar-refractivity contribution in [3.63, 3.8) is 0 Å². The fourth-order valence-corrected chi connectivity index (χ4v) is 3.00. The summed E-state index contributed by atoms with van der Waals surface area (Å²) < 4.78 is 19.7. The molecule has 1 rings (SSSR count). The monoisotopic (exact) mass is 571 g/mol. The third-order valence-corrected chi connectivity index (χ3v) is 4.70. The van der Waals surface area contributed by atoms with Gasteiger partial charge in [-0.2, -0.15) is 0 Å². The number of hydrogen-bond acceptors (Lipinski definition) is 11. The number of nitrogens with one attached hydrogen (secondary N) is 3. The van der Waals surface area contributed by atoms with Crippen molar-refractivity contribution in [2.24, 2.45) is 0 Å². The standard InChI is InChI=1S/C24H30ClN3O11/c1-13(29)36-11-20(38-15(3)31)9-26-23(34)17-5-18(7-19(6-17)28-22(33)8-25)24(35)27-10-21(39-16(4)32)12-37-14(2)30/h5-7,20-21H,8-12H2,1-4H3,(H,26,34)(H,27,35)(H,28,33). The Kier molecular flexibility index (Phi) is 14.0. The summed E-state index contributed by atoms with van der Waals surface area (Å²) in [5.41, 5.74) is -0.0394. The lowest BCUT2D eigenvalue weighted by Gasteiger charge is -2.18. The Hall–Kier alpha value is -4.20. The summed E-state index contributed by atoms with van der Waals surface area (Å²) in [6.07, 6.45) is -1.96. The molecular weight excluding hydrogens is 542 g/mol. The Morgan fingerprint density at radius 2 is 1.10 bits per heavy atom. The van der Waals surface area contributed by atoms with E-state index in [1.165, 1.54) is 32.0 Å². The highest BCUT2D eigenvalue weighted by atomic mass is 35.5. The van der Waals surface area contributed by atoms with Crippen molar-refractivity contribution in [2.75, 3.05) is 37.5 Å². The fraction of sp³-hybridized carbons (Fsp3) is 0.458. The van der Waals surface area contributed by atoms with E-state index in [9.17, 15) is 33.6 Å². The highest BCUT2D eigenvalue weighted by Gasteiger charge is 2.20. The lowest BCUT2D eigenvalue weighted by Crippen LogP contribution is -2.38. The fourth-order valence-electron chi connectivity index (χ4n) is 2.93. The van der Waals surface area contributed by atoms with Crippen molar-refractivity contribution < 1.29 is 52.5 Å². The van der Waals surface area contributed by atoms with Gasteiger partial charge in [-0.3, -0.25) is 33.6 Å². The topological polar surface area (TPSA) is 192 Å². The van der Waals surface area contributed by atoms with Crippen LogP contribution in [0.1, 0.15) is 48.4 Å². The molecule has 1 aromatic rings. The van der Waals surface area contributed by atoms with E-state index in [-0.39, 0.29) is 43.1 Å². The smallest absolute Gasteiger partial charge is 0.303 e. The zero-order chi connectivity index (χ0) is 29.5. The van der Waals surface area contributed by atoms with Gasteiger partial charge in [0.2, 0.25) is 5.91 Å². The van der Waals surface area contributed by atoms with E-state index in [0.29, 0.717) is 0 Å². The molecule has 14 nitrogen and oxygen atoms in total. The Bertz CT molecular complexity index is 1020. The second-order valence-corrected chi connectivity index (χ2v) is 8.24. The van der Waals surface area contributed by atoms with Gasteiger partial charge >= 0.3 is 23.9 Å². The first kappa shape index (κ1) is 32.8. The van der Waals surface area contributed by atoms with Crippen LogP contribution in [0.25, 0.3) is 0 Å². The maximum absolute atomic E-state index is 12.9. The number of anilines is 1. The molecule has 1 aromatic carbocycles. The number of hydrogen-bond donors (Lipinski definition) is 3. The summed E-state index contributed by atoms with van der Waals surface area (Å²) in [7, 11) is 0. The van der Waals surface area contributed by atoms with Crippen molar-refractivity contribution in [2.45, 2.75) is 39.9 Å². The lowest BCUT2D eigenvalue weighted by atomic mass is 10.1. The summed E-state index contributed by atoms with van der Waals surface area (Å²) in [6.45, 7) is 3.57. The molecule has 0 aliphatic rings.